The van der Waals surface area contributed by atoms with Crippen molar-refractivity contribution in [1.82, 2.24) is 10.2 Å². The van der Waals surface area contributed by atoms with Crippen molar-refractivity contribution in [3.63, 3.8) is 0 Å². The molecular weight excluding hydrogens is 489 g/mol. The first-order chi connectivity index (χ1) is 13.2. The Labute approximate surface area is 188 Å². The van der Waals surface area contributed by atoms with Crippen LogP contribution in [0, 0.1) is 0 Å². The molecule has 0 aliphatic carbocycles. The van der Waals surface area contributed by atoms with Crippen LogP contribution in [0.4, 0.5) is 0 Å². The van der Waals surface area contributed by atoms with Crippen LogP contribution >= 0.6 is 35.3 Å². The minimum absolute atomic E-state index is 0. The second kappa shape index (κ2) is 13.5. The second-order valence-electron chi connectivity index (χ2n) is 5.98. The van der Waals surface area contributed by atoms with Crippen LogP contribution in [0.5, 0.6) is 17.2 Å². The highest BCUT2D eigenvalue weighted by Crippen LogP contribution is 2.27. The quantitative estimate of drug-likeness (QED) is 0.223. The summed E-state index contributed by atoms with van der Waals surface area (Å²) in [6.07, 6.45) is 1.88. The number of hydrogen-bond donors (Lipinski definition) is 1. The number of halogens is 1. The average molecular weight is 519 g/mol. The molecule has 2 aromatic rings. The Balaban J connectivity index is 0.00000392. The van der Waals surface area contributed by atoms with Gasteiger partial charge in [-0.15, -0.1) is 35.3 Å². The summed E-state index contributed by atoms with van der Waals surface area (Å²) in [5, 5.41) is 5.49. The molecule has 0 bridgehead atoms. The summed E-state index contributed by atoms with van der Waals surface area (Å²) in [7, 11) is 7.12. The highest BCUT2D eigenvalue weighted by atomic mass is 127. The standard InChI is InChI=1S/C20H29N3O3S.HI/c1-21-20(23(2)10-8-19-7-5-12-27-19)22-9-6-11-26-18-14-16(24-3)13-17(15-18)25-4;/h5,7,12-15H,6,8-11H2,1-4H3,(H,21,22);1H. The Hall–Kier alpha value is -1.68. The summed E-state index contributed by atoms with van der Waals surface area (Å²) < 4.78 is 16.3. The first-order valence-electron chi connectivity index (χ1n) is 8.96. The van der Waals surface area contributed by atoms with Crippen LogP contribution in [0.25, 0.3) is 0 Å². The van der Waals surface area contributed by atoms with Crippen molar-refractivity contribution in [2.45, 2.75) is 12.8 Å². The van der Waals surface area contributed by atoms with E-state index in [0.29, 0.717) is 6.61 Å². The Morgan fingerprint density at radius 2 is 1.82 bits per heavy atom. The lowest BCUT2D eigenvalue weighted by atomic mass is 10.3. The molecule has 6 nitrogen and oxygen atoms in total. The molecular formula is C20H30IN3O3S. The number of nitrogens with zero attached hydrogens (tertiary/aromatic N) is 2. The van der Waals surface area contributed by atoms with Crippen LogP contribution < -0.4 is 19.5 Å². The van der Waals surface area contributed by atoms with Crippen LogP contribution in [-0.2, 0) is 6.42 Å². The molecule has 0 amide bonds. The number of ether oxygens (including phenoxy) is 3. The van der Waals surface area contributed by atoms with Crippen LogP contribution in [0.3, 0.4) is 0 Å². The van der Waals surface area contributed by atoms with E-state index in [1.165, 1.54) is 4.88 Å². The topological polar surface area (TPSA) is 55.3 Å². The molecule has 0 saturated carbocycles. The van der Waals surface area contributed by atoms with E-state index in [1.54, 1.807) is 25.6 Å². The maximum atomic E-state index is 5.81. The molecule has 0 aliphatic heterocycles. The normalized spacial score (nSPS) is 10.8. The monoisotopic (exact) mass is 519 g/mol. The van der Waals surface area contributed by atoms with Gasteiger partial charge in [-0.05, 0) is 24.3 Å². The van der Waals surface area contributed by atoms with Gasteiger partial charge in [-0.25, -0.2) is 0 Å². The molecule has 0 radical (unpaired) electrons. The maximum Gasteiger partial charge on any atom is 0.193 e. The Morgan fingerprint density at radius 3 is 2.39 bits per heavy atom. The van der Waals surface area contributed by atoms with E-state index in [-0.39, 0.29) is 24.0 Å². The van der Waals surface area contributed by atoms with Gasteiger partial charge in [-0.3, -0.25) is 4.99 Å². The number of guanidine groups is 1. The van der Waals surface area contributed by atoms with Crippen molar-refractivity contribution in [3.8, 4) is 17.2 Å². The largest absolute Gasteiger partial charge is 0.496 e. The van der Waals surface area contributed by atoms with E-state index < -0.39 is 0 Å². The Kier molecular flexibility index (Phi) is 11.7. The summed E-state index contributed by atoms with van der Waals surface area (Å²) in [6, 6.07) is 9.79. The number of rotatable bonds is 10. The van der Waals surface area contributed by atoms with E-state index in [0.717, 1.165) is 49.1 Å². The third-order valence-electron chi connectivity index (χ3n) is 4.05. The van der Waals surface area contributed by atoms with Gasteiger partial charge >= 0.3 is 0 Å². The molecule has 2 rings (SSSR count). The van der Waals surface area contributed by atoms with Crippen molar-refractivity contribution in [2.75, 3.05) is 48.0 Å². The number of nitrogens with one attached hydrogen (secondary N) is 1. The van der Waals surface area contributed by atoms with Crippen LogP contribution in [-0.4, -0.2) is 58.9 Å². The van der Waals surface area contributed by atoms with Crippen LogP contribution in [0.15, 0.2) is 40.7 Å². The molecule has 156 valence electrons. The summed E-state index contributed by atoms with van der Waals surface area (Å²) in [5.74, 6) is 3.07. The number of thiophene rings is 1. The van der Waals surface area contributed by atoms with Crippen molar-refractivity contribution in [1.29, 1.82) is 0 Å². The molecule has 0 saturated heterocycles. The van der Waals surface area contributed by atoms with E-state index in [1.807, 2.05) is 25.2 Å². The molecule has 0 fully saturated rings. The van der Waals surface area contributed by atoms with E-state index in [4.69, 9.17) is 14.2 Å². The molecule has 1 N–H and O–H groups in total. The zero-order valence-electron chi connectivity index (χ0n) is 16.9. The summed E-state index contributed by atoms with van der Waals surface area (Å²) in [4.78, 5) is 7.88. The molecule has 1 heterocycles. The summed E-state index contributed by atoms with van der Waals surface area (Å²) >= 11 is 1.79. The maximum absolute atomic E-state index is 5.81. The lowest BCUT2D eigenvalue weighted by molar-refractivity contribution is 0.304. The SMILES string of the molecule is CN=C(NCCCOc1cc(OC)cc(OC)c1)N(C)CCc1cccs1.I. The fourth-order valence-corrected chi connectivity index (χ4v) is 3.25. The van der Waals surface area contributed by atoms with Gasteiger partial charge in [0.2, 0.25) is 0 Å². The van der Waals surface area contributed by atoms with Gasteiger partial charge in [0.25, 0.3) is 0 Å². The van der Waals surface area contributed by atoms with Gasteiger partial charge < -0.3 is 24.4 Å². The van der Waals surface area contributed by atoms with Crippen LogP contribution in [0.2, 0.25) is 0 Å². The fraction of sp³-hybridized carbons (Fsp3) is 0.450. The van der Waals surface area contributed by atoms with Crippen molar-refractivity contribution in [2.24, 2.45) is 4.99 Å². The van der Waals surface area contributed by atoms with Crippen molar-refractivity contribution >= 4 is 41.3 Å². The minimum Gasteiger partial charge on any atom is -0.496 e. The molecule has 1 aromatic heterocycles. The van der Waals surface area contributed by atoms with Crippen molar-refractivity contribution in [3.05, 3.63) is 40.6 Å². The molecule has 28 heavy (non-hydrogen) atoms. The van der Waals surface area contributed by atoms with Gasteiger partial charge in [0, 0.05) is 50.3 Å². The molecule has 0 aliphatic rings. The highest BCUT2D eigenvalue weighted by molar-refractivity contribution is 14.0. The van der Waals surface area contributed by atoms with Gasteiger partial charge in [0.05, 0.1) is 20.8 Å². The second-order valence-corrected chi connectivity index (χ2v) is 7.01. The summed E-state index contributed by atoms with van der Waals surface area (Å²) in [6.45, 7) is 2.32. The predicted octanol–water partition coefficient (Wildman–Crippen LogP) is 3.90. The predicted molar refractivity (Wildman–Crippen MR) is 127 cm³/mol. The van der Waals surface area contributed by atoms with E-state index in [2.05, 4.69) is 39.8 Å². The number of methoxy groups -OCH3 is 2. The van der Waals surface area contributed by atoms with Gasteiger partial charge in [0.15, 0.2) is 5.96 Å². The number of hydrogen-bond acceptors (Lipinski definition) is 5. The Morgan fingerprint density at radius 1 is 1.14 bits per heavy atom. The lowest BCUT2D eigenvalue weighted by Gasteiger charge is -2.21. The van der Waals surface area contributed by atoms with E-state index in [9.17, 15) is 0 Å². The highest BCUT2D eigenvalue weighted by Gasteiger charge is 2.06. The first kappa shape index (κ1) is 24.4. The van der Waals surface area contributed by atoms with Gasteiger partial charge in [0.1, 0.15) is 17.2 Å². The fourth-order valence-electron chi connectivity index (χ4n) is 2.55. The number of aliphatic imine (C=N–C) groups is 1. The average Bonchev–Trinajstić information content (AvgIpc) is 3.22. The number of likely N-dealkylation sites (N-methyl/N-ethyl adjacent to an activating group) is 1. The van der Waals surface area contributed by atoms with Crippen molar-refractivity contribution < 1.29 is 14.2 Å². The third kappa shape index (κ3) is 8.14. The minimum atomic E-state index is 0. The molecule has 1 aromatic carbocycles. The zero-order valence-corrected chi connectivity index (χ0v) is 20.1. The zero-order chi connectivity index (χ0) is 19.5. The summed E-state index contributed by atoms with van der Waals surface area (Å²) in [5.41, 5.74) is 0. The molecule has 0 unspecified atom stereocenters. The number of benzene rings is 1. The lowest BCUT2D eigenvalue weighted by Crippen LogP contribution is -2.40. The van der Waals surface area contributed by atoms with Crippen LogP contribution in [0.1, 0.15) is 11.3 Å². The van der Waals surface area contributed by atoms with Gasteiger partial charge in [-0.1, -0.05) is 6.07 Å². The molecule has 8 heteroatoms. The van der Waals surface area contributed by atoms with Gasteiger partial charge in [-0.2, -0.15) is 0 Å². The van der Waals surface area contributed by atoms with E-state index >= 15 is 0 Å². The molecule has 0 spiro atoms. The Bertz CT molecular complexity index is 688. The molecule has 0 atom stereocenters. The smallest absolute Gasteiger partial charge is 0.193 e. The third-order valence-corrected chi connectivity index (χ3v) is 4.98. The first-order valence-corrected chi connectivity index (χ1v) is 9.84.